The fourth-order valence-corrected chi connectivity index (χ4v) is 2.70. The van der Waals surface area contributed by atoms with Crippen molar-refractivity contribution in [3.63, 3.8) is 0 Å². The molecule has 1 N–H and O–H groups in total. The summed E-state index contributed by atoms with van der Waals surface area (Å²) in [6.45, 7) is 4.82. The van der Waals surface area contributed by atoms with Crippen molar-refractivity contribution in [3.8, 4) is 5.75 Å². The number of ether oxygens (including phenoxy) is 1. The lowest BCUT2D eigenvalue weighted by Crippen LogP contribution is -2.28. The van der Waals surface area contributed by atoms with Crippen LogP contribution in [0.5, 0.6) is 5.75 Å². The zero-order valence-corrected chi connectivity index (χ0v) is 14.7. The SMILES string of the molecule is CC(C)c1ccc(OCC(=O)NCc2ccc3ccccc3c2)cc1. The molecule has 0 aliphatic heterocycles. The molecule has 0 fully saturated rings. The highest BCUT2D eigenvalue weighted by molar-refractivity contribution is 5.83. The summed E-state index contributed by atoms with van der Waals surface area (Å²) in [4.78, 5) is 12.0. The molecule has 3 nitrogen and oxygen atoms in total. The van der Waals surface area contributed by atoms with E-state index in [1.54, 1.807) is 0 Å². The first-order chi connectivity index (χ1) is 12.1. The number of fused-ring (bicyclic) bond motifs is 1. The molecule has 0 bridgehead atoms. The molecule has 0 atom stereocenters. The van der Waals surface area contributed by atoms with Crippen LogP contribution >= 0.6 is 0 Å². The van der Waals surface area contributed by atoms with Gasteiger partial charge in [0.15, 0.2) is 6.61 Å². The van der Waals surface area contributed by atoms with Crippen LogP contribution in [0.1, 0.15) is 30.9 Å². The summed E-state index contributed by atoms with van der Waals surface area (Å²) < 4.78 is 5.55. The number of carbonyl (C=O) groups is 1. The minimum absolute atomic E-state index is 0.0224. The smallest absolute Gasteiger partial charge is 0.258 e. The first kappa shape index (κ1) is 17.0. The van der Waals surface area contributed by atoms with Crippen molar-refractivity contribution in [3.05, 3.63) is 77.9 Å². The van der Waals surface area contributed by atoms with E-state index in [1.165, 1.54) is 16.3 Å². The Balaban J connectivity index is 1.50. The van der Waals surface area contributed by atoms with Crippen LogP contribution in [0.15, 0.2) is 66.7 Å². The van der Waals surface area contributed by atoms with Gasteiger partial charge in [-0.25, -0.2) is 0 Å². The van der Waals surface area contributed by atoms with E-state index in [0.717, 1.165) is 5.56 Å². The minimum atomic E-state index is -0.124. The molecule has 3 aromatic rings. The second-order valence-corrected chi connectivity index (χ2v) is 6.47. The number of nitrogens with one attached hydrogen (secondary N) is 1. The summed E-state index contributed by atoms with van der Waals surface area (Å²) in [6, 6.07) is 22.3. The topological polar surface area (TPSA) is 38.3 Å². The number of benzene rings is 3. The molecule has 0 spiro atoms. The largest absolute Gasteiger partial charge is 0.484 e. The van der Waals surface area contributed by atoms with Crippen molar-refractivity contribution in [2.75, 3.05) is 6.61 Å². The van der Waals surface area contributed by atoms with E-state index in [9.17, 15) is 4.79 Å². The Bertz CT molecular complexity index is 853. The number of amides is 1. The van der Waals surface area contributed by atoms with Gasteiger partial charge in [0.1, 0.15) is 5.75 Å². The van der Waals surface area contributed by atoms with Crippen molar-refractivity contribution in [1.29, 1.82) is 0 Å². The van der Waals surface area contributed by atoms with Gasteiger partial charge in [-0.1, -0.05) is 62.4 Å². The van der Waals surface area contributed by atoms with Gasteiger partial charge >= 0.3 is 0 Å². The van der Waals surface area contributed by atoms with Crippen LogP contribution in [0.25, 0.3) is 10.8 Å². The molecule has 25 heavy (non-hydrogen) atoms. The molecular weight excluding hydrogens is 310 g/mol. The van der Waals surface area contributed by atoms with Gasteiger partial charge in [-0.3, -0.25) is 4.79 Å². The molecule has 1 amide bonds. The normalized spacial score (nSPS) is 10.8. The van der Waals surface area contributed by atoms with Gasteiger partial charge in [0.05, 0.1) is 0 Å². The van der Waals surface area contributed by atoms with E-state index in [0.29, 0.717) is 18.2 Å². The first-order valence-electron chi connectivity index (χ1n) is 8.59. The molecule has 0 aliphatic carbocycles. The highest BCUT2D eigenvalue weighted by Crippen LogP contribution is 2.18. The summed E-state index contributed by atoms with van der Waals surface area (Å²) >= 11 is 0. The Morgan fingerprint density at radius 1 is 0.960 bits per heavy atom. The monoisotopic (exact) mass is 333 g/mol. The Hall–Kier alpha value is -2.81. The van der Waals surface area contributed by atoms with E-state index in [-0.39, 0.29) is 12.5 Å². The van der Waals surface area contributed by atoms with Crippen LogP contribution in [0.3, 0.4) is 0 Å². The lowest BCUT2D eigenvalue weighted by atomic mass is 10.0. The predicted molar refractivity (Wildman–Crippen MR) is 102 cm³/mol. The summed E-state index contributed by atoms with van der Waals surface area (Å²) in [7, 11) is 0. The zero-order chi connectivity index (χ0) is 17.6. The lowest BCUT2D eigenvalue weighted by molar-refractivity contribution is -0.123. The van der Waals surface area contributed by atoms with Gasteiger partial charge < -0.3 is 10.1 Å². The van der Waals surface area contributed by atoms with E-state index >= 15 is 0 Å². The van der Waals surface area contributed by atoms with Crippen LogP contribution in [0.4, 0.5) is 0 Å². The summed E-state index contributed by atoms with van der Waals surface area (Å²) in [5.41, 5.74) is 2.33. The molecule has 0 saturated heterocycles. The average molecular weight is 333 g/mol. The highest BCUT2D eigenvalue weighted by atomic mass is 16.5. The molecule has 0 aliphatic rings. The third-order valence-electron chi connectivity index (χ3n) is 4.22. The van der Waals surface area contributed by atoms with Crippen LogP contribution in [0, 0.1) is 0 Å². The predicted octanol–water partition coefficient (Wildman–Crippen LogP) is 4.66. The van der Waals surface area contributed by atoms with Gasteiger partial charge in [0, 0.05) is 6.54 Å². The summed E-state index contributed by atoms with van der Waals surface area (Å²) in [5.74, 6) is 1.07. The van der Waals surface area contributed by atoms with Crippen molar-refractivity contribution < 1.29 is 9.53 Å². The number of rotatable bonds is 6. The molecule has 3 rings (SSSR count). The fourth-order valence-electron chi connectivity index (χ4n) is 2.70. The van der Waals surface area contributed by atoms with Crippen LogP contribution in [-0.4, -0.2) is 12.5 Å². The molecule has 128 valence electrons. The Kier molecular flexibility index (Phi) is 5.34. The molecule has 0 radical (unpaired) electrons. The quantitative estimate of drug-likeness (QED) is 0.712. The third-order valence-corrected chi connectivity index (χ3v) is 4.22. The van der Waals surface area contributed by atoms with Gasteiger partial charge in [-0.15, -0.1) is 0 Å². The Morgan fingerprint density at radius 2 is 1.68 bits per heavy atom. The Morgan fingerprint density at radius 3 is 2.40 bits per heavy atom. The highest BCUT2D eigenvalue weighted by Gasteiger charge is 2.04. The maximum absolute atomic E-state index is 12.0. The molecular formula is C22H23NO2. The lowest BCUT2D eigenvalue weighted by Gasteiger charge is -2.10. The summed E-state index contributed by atoms with van der Waals surface area (Å²) in [5, 5.41) is 5.28. The van der Waals surface area contributed by atoms with E-state index in [2.05, 4.69) is 43.4 Å². The molecule has 3 heteroatoms. The van der Waals surface area contributed by atoms with Gasteiger partial charge in [-0.05, 0) is 46.0 Å². The second-order valence-electron chi connectivity index (χ2n) is 6.47. The van der Waals surface area contributed by atoms with Gasteiger partial charge in [0.25, 0.3) is 5.91 Å². The number of carbonyl (C=O) groups excluding carboxylic acids is 1. The number of hydrogen-bond donors (Lipinski definition) is 1. The van der Waals surface area contributed by atoms with Gasteiger partial charge in [0.2, 0.25) is 0 Å². The van der Waals surface area contributed by atoms with E-state index < -0.39 is 0 Å². The number of hydrogen-bond acceptors (Lipinski definition) is 2. The van der Waals surface area contributed by atoms with Crippen molar-refractivity contribution in [2.45, 2.75) is 26.3 Å². The van der Waals surface area contributed by atoms with Gasteiger partial charge in [-0.2, -0.15) is 0 Å². The maximum atomic E-state index is 12.0. The first-order valence-corrected chi connectivity index (χ1v) is 8.59. The van der Waals surface area contributed by atoms with Crippen molar-refractivity contribution in [2.24, 2.45) is 0 Å². The molecule has 0 heterocycles. The Labute approximate surface area is 148 Å². The maximum Gasteiger partial charge on any atom is 0.258 e. The molecule has 0 saturated carbocycles. The van der Waals surface area contributed by atoms with Crippen LogP contribution in [0.2, 0.25) is 0 Å². The van der Waals surface area contributed by atoms with Crippen LogP contribution in [-0.2, 0) is 11.3 Å². The molecule has 0 unspecified atom stereocenters. The van der Waals surface area contributed by atoms with Crippen molar-refractivity contribution >= 4 is 16.7 Å². The molecule has 0 aromatic heterocycles. The zero-order valence-electron chi connectivity index (χ0n) is 14.7. The van der Waals surface area contributed by atoms with E-state index in [1.807, 2.05) is 42.5 Å². The fraction of sp³-hybridized carbons (Fsp3) is 0.227. The standard InChI is InChI=1S/C22H23NO2/c1-16(2)18-9-11-21(12-10-18)25-15-22(24)23-14-17-7-8-19-5-3-4-6-20(19)13-17/h3-13,16H,14-15H2,1-2H3,(H,23,24). The third kappa shape index (κ3) is 4.60. The minimum Gasteiger partial charge on any atom is -0.484 e. The molecule has 3 aromatic carbocycles. The summed E-state index contributed by atoms with van der Waals surface area (Å²) in [6.07, 6.45) is 0. The van der Waals surface area contributed by atoms with E-state index in [4.69, 9.17) is 4.74 Å². The average Bonchev–Trinajstić information content (AvgIpc) is 2.65. The second kappa shape index (κ2) is 7.84. The van der Waals surface area contributed by atoms with Crippen molar-refractivity contribution in [1.82, 2.24) is 5.32 Å². The van der Waals surface area contributed by atoms with Crippen LogP contribution < -0.4 is 10.1 Å².